The molecule has 0 bridgehead atoms. The molecule has 0 saturated heterocycles. The van der Waals surface area contributed by atoms with Crippen molar-refractivity contribution >= 4 is 6.29 Å². The van der Waals surface area contributed by atoms with E-state index in [-0.39, 0.29) is 12.2 Å². The van der Waals surface area contributed by atoms with Gasteiger partial charge in [0.1, 0.15) is 56.4 Å². The van der Waals surface area contributed by atoms with Gasteiger partial charge in [-0.3, -0.25) is 19.7 Å². The van der Waals surface area contributed by atoms with E-state index in [1.165, 1.54) is 5.56 Å². The molecule has 0 amide bonds. The van der Waals surface area contributed by atoms with E-state index >= 15 is 0 Å². The van der Waals surface area contributed by atoms with Gasteiger partial charge in [-0.25, -0.2) is 9.97 Å². The van der Waals surface area contributed by atoms with Crippen molar-refractivity contribution in [2.45, 2.75) is 31.8 Å². The Morgan fingerprint density at radius 1 is 0.568 bits per heavy atom. The summed E-state index contributed by atoms with van der Waals surface area (Å²) in [4.78, 5) is 34.5. The van der Waals surface area contributed by atoms with E-state index in [1.54, 1.807) is 50.9 Å². The molecule has 6 heterocycles. The van der Waals surface area contributed by atoms with Gasteiger partial charge in [-0.05, 0) is 130 Å². The number of fused-ring (bicyclic) bond motifs is 2. The third-order valence-corrected chi connectivity index (χ3v) is 12.8. The molecule has 17 nitrogen and oxygen atoms in total. The number of pyridine rings is 4. The van der Waals surface area contributed by atoms with Crippen LogP contribution >= 0.6 is 0 Å². The molecule has 0 radical (unpaired) electrons. The molecule has 10 rings (SSSR count). The van der Waals surface area contributed by atoms with E-state index in [0.29, 0.717) is 62.6 Å². The molecule has 0 aliphatic carbocycles. The highest BCUT2D eigenvalue weighted by Gasteiger charge is 2.28. The monoisotopic (exact) mass is 1100 g/mol. The van der Waals surface area contributed by atoms with Gasteiger partial charge in [-0.15, -0.1) is 0 Å². The SMILES string of the molecule is CN(C)CCOc1ccc(C=O)cc1.COc1cccc(-c2cccc3c2OC(CN(Cc2ccc(OCCN(C)C)cc2)Cc2cccnc2)CO3)n1.COc1cccc(-c2cccc3c2OC(CNCc2cccnc2)CO3)n1. The van der Waals surface area contributed by atoms with E-state index in [2.05, 4.69) is 58.2 Å². The summed E-state index contributed by atoms with van der Waals surface area (Å²) in [6.45, 7) is 7.62. The predicted molar refractivity (Wildman–Crippen MR) is 313 cm³/mol. The zero-order valence-corrected chi connectivity index (χ0v) is 47.0. The summed E-state index contributed by atoms with van der Waals surface area (Å²) in [7, 11) is 11.3. The molecule has 422 valence electrons. The molecule has 4 aromatic heterocycles. The summed E-state index contributed by atoms with van der Waals surface area (Å²) in [6, 6.07) is 46.6. The van der Waals surface area contributed by atoms with E-state index in [4.69, 9.17) is 37.9 Å². The van der Waals surface area contributed by atoms with Gasteiger partial charge >= 0.3 is 0 Å². The van der Waals surface area contributed by atoms with Crippen LogP contribution < -0.4 is 43.2 Å². The van der Waals surface area contributed by atoms with Crippen LogP contribution in [0.4, 0.5) is 0 Å². The molecule has 4 aromatic carbocycles. The Bertz CT molecular complexity index is 3160. The number of hydrogen-bond donors (Lipinski definition) is 1. The molecular formula is C64H72N8O9. The average Bonchev–Trinajstić information content (AvgIpc) is 3.52. The first-order valence-corrected chi connectivity index (χ1v) is 26.9. The summed E-state index contributed by atoms with van der Waals surface area (Å²) < 4.78 is 46.9. The van der Waals surface area contributed by atoms with Crippen molar-refractivity contribution < 1.29 is 42.7 Å². The molecule has 0 spiro atoms. The zero-order valence-electron chi connectivity index (χ0n) is 47.0. The second-order valence-corrected chi connectivity index (χ2v) is 19.7. The van der Waals surface area contributed by atoms with Crippen LogP contribution in [0.5, 0.6) is 46.3 Å². The lowest BCUT2D eigenvalue weighted by Gasteiger charge is -2.32. The highest BCUT2D eigenvalue weighted by atomic mass is 16.6. The number of carbonyl (C=O) groups is 1. The van der Waals surface area contributed by atoms with Gasteiger partial charge in [0.2, 0.25) is 11.8 Å². The lowest BCUT2D eigenvalue weighted by atomic mass is 10.1. The van der Waals surface area contributed by atoms with Crippen LogP contribution in [-0.2, 0) is 19.6 Å². The first-order valence-electron chi connectivity index (χ1n) is 26.9. The van der Waals surface area contributed by atoms with Gasteiger partial charge in [0.15, 0.2) is 23.0 Å². The molecule has 2 unspecified atom stereocenters. The highest BCUT2D eigenvalue weighted by Crippen LogP contribution is 2.42. The molecule has 8 aromatic rings. The maximum Gasteiger partial charge on any atom is 0.213 e. The van der Waals surface area contributed by atoms with Gasteiger partial charge < -0.3 is 53.0 Å². The fourth-order valence-corrected chi connectivity index (χ4v) is 8.61. The number of hydrogen-bond acceptors (Lipinski definition) is 17. The minimum absolute atomic E-state index is 0.0825. The lowest BCUT2D eigenvalue weighted by Crippen LogP contribution is -2.40. The van der Waals surface area contributed by atoms with Crippen LogP contribution in [-0.4, -0.2) is 148 Å². The number of benzene rings is 4. The van der Waals surface area contributed by atoms with E-state index in [9.17, 15) is 4.79 Å². The number of methoxy groups -OCH3 is 2. The number of aromatic nitrogens is 4. The number of para-hydroxylation sites is 2. The Labute approximate surface area is 475 Å². The summed E-state index contributed by atoms with van der Waals surface area (Å²) in [5.41, 5.74) is 7.49. The summed E-state index contributed by atoms with van der Waals surface area (Å²) >= 11 is 0. The summed E-state index contributed by atoms with van der Waals surface area (Å²) in [5.74, 6) is 5.69. The fraction of sp³-hybridized carbons (Fsp3) is 0.297. The van der Waals surface area contributed by atoms with Crippen molar-refractivity contribution in [3.05, 3.63) is 193 Å². The first kappa shape index (κ1) is 58.5. The van der Waals surface area contributed by atoms with Gasteiger partial charge in [0.05, 0.1) is 25.6 Å². The minimum atomic E-state index is -0.162. The number of nitrogens with one attached hydrogen (secondary N) is 1. The third kappa shape index (κ3) is 18.2. The van der Waals surface area contributed by atoms with Crippen LogP contribution in [0.15, 0.2) is 170 Å². The summed E-state index contributed by atoms with van der Waals surface area (Å²) in [6.07, 6.45) is 7.91. The van der Waals surface area contributed by atoms with Crippen LogP contribution in [0.25, 0.3) is 22.5 Å². The topological polar surface area (TPSA) is 164 Å². The van der Waals surface area contributed by atoms with Crippen molar-refractivity contribution in [2.75, 3.05) is 95.0 Å². The molecule has 2 aliphatic rings. The molecule has 0 saturated carbocycles. The Morgan fingerprint density at radius 2 is 1.07 bits per heavy atom. The number of ether oxygens (including phenoxy) is 8. The average molecular weight is 1100 g/mol. The first-order chi connectivity index (χ1) is 39.6. The fourth-order valence-electron chi connectivity index (χ4n) is 8.61. The van der Waals surface area contributed by atoms with Gasteiger partial charge in [0.25, 0.3) is 0 Å². The van der Waals surface area contributed by atoms with Crippen molar-refractivity contribution in [2.24, 2.45) is 0 Å². The van der Waals surface area contributed by atoms with Crippen molar-refractivity contribution in [1.29, 1.82) is 0 Å². The third-order valence-electron chi connectivity index (χ3n) is 12.8. The van der Waals surface area contributed by atoms with Crippen molar-refractivity contribution in [3.8, 4) is 68.8 Å². The Morgan fingerprint density at radius 3 is 1.59 bits per heavy atom. The number of likely N-dealkylation sites (N-methyl/N-ethyl adjacent to an activating group) is 2. The summed E-state index contributed by atoms with van der Waals surface area (Å²) in [5, 5.41) is 3.40. The largest absolute Gasteiger partial charge is 0.492 e. The number of rotatable bonds is 23. The molecule has 0 fully saturated rings. The molecule has 2 atom stereocenters. The second kappa shape index (κ2) is 30.7. The van der Waals surface area contributed by atoms with Crippen LogP contribution in [0.3, 0.4) is 0 Å². The van der Waals surface area contributed by atoms with Gasteiger partial charge in [0, 0.05) is 99.4 Å². The van der Waals surface area contributed by atoms with Crippen LogP contribution in [0.1, 0.15) is 27.0 Å². The molecule has 17 heteroatoms. The lowest BCUT2D eigenvalue weighted by molar-refractivity contribution is 0.0546. The van der Waals surface area contributed by atoms with Crippen molar-refractivity contribution in [3.63, 3.8) is 0 Å². The standard InChI is InChI=1S/C32H36N4O4.C21H21N3O3.C11H15NO2/c1-35(2)17-18-38-26-14-12-24(13-15-26)20-36(21-25-7-6-16-33-19-25)22-27-23-39-30-10-4-8-28(32(30)40-27)29-9-5-11-31(34-29)37-3;1-25-20-9-3-7-18(24-20)17-6-2-8-19-21(17)27-16(14-26-19)13-23-12-15-5-4-10-22-11-15;1-12(2)7-8-14-11-5-3-10(9-13)4-6-11/h4-16,19,27H,17-18,20-23H2,1-3H3;2-11,16,23H,12-14H2,1H3;3-6,9H,7-8H2,1-2H3. The number of nitrogens with zero attached hydrogens (tertiary/aromatic N) is 7. The van der Waals surface area contributed by atoms with Crippen molar-refractivity contribution in [1.82, 2.24) is 40.0 Å². The minimum Gasteiger partial charge on any atom is -0.492 e. The van der Waals surface area contributed by atoms with E-state index in [1.807, 2.05) is 144 Å². The highest BCUT2D eigenvalue weighted by molar-refractivity contribution is 5.75. The quantitative estimate of drug-likeness (QED) is 0.0602. The van der Waals surface area contributed by atoms with Crippen LogP contribution in [0, 0.1) is 0 Å². The maximum atomic E-state index is 10.4. The molecular weight excluding hydrogens is 1020 g/mol. The van der Waals surface area contributed by atoms with Crippen LogP contribution in [0.2, 0.25) is 0 Å². The maximum absolute atomic E-state index is 10.4. The van der Waals surface area contributed by atoms with Gasteiger partial charge in [-0.2, -0.15) is 0 Å². The Kier molecular flexibility index (Phi) is 22.2. The Hall–Kier alpha value is -8.61. The normalized spacial score (nSPS) is 14.0. The number of aldehydes is 1. The van der Waals surface area contributed by atoms with Gasteiger partial charge in [-0.1, -0.05) is 48.5 Å². The smallest absolute Gasteiger partial charge is 0.213 e. The predicted octanol–water partition coefficient (Wildman–Crippen LogP) is 9.46. The zero-order chi connectivity index (χ0) is 56.6. The molecule has 81 heavy (non-hydrogen) atoms. The number of carbonyl (C=O) groups excluding carboxylic acids is 1. The molecule has 1 N–H and O–H groups in total. The van der Waals surface area contributed by atoms with E-state index < -0.39 is 0 Å². The second-order valence-electron chi connectivity index (χ2n) is 19.7. The molecule has 2 aliphatic heterocycles. The Balaban J connectivity index is 0.000000180. The van der Waals surface area contributed by atoms with E-state index in [0.717, 1.165) is 101 Å².